The Morgan fingerprint density at radius 3 is 2.36 bits per heavy atom. The van der Waals surface area contributed by atoms with Crippen molar-refractivity contribution in [3.63, 3.8) is 0 Å². The van der Waals surface area contributed by atoms with E-state index in [9.17, 15) is 14.7 Å². The summed E-state index contributed by atoms with van der Waals surface area (Å²) in [7, 11) is 3.16. The Labute approximate surface area is 225 Å². The minimum atomic E-state index is -0.366. The van der Waals surface area contributed by atoms with Crippen LogP contribution in [-0.4, -0.2) is 19.3 Å². The van der Waals surface area contributed by atoms with Gasteiger partial charge in [-0.05, 0) is 39.3 Å². The van der Waals surface area contributed by atoms with Gasteiger partial charge in [0.1, 0.15) is 45.2 Å². The van der Waals surface area contributed by atoms with E-state index in [0.29, 0.717) is 34.7 Å². The number of furan rings is 1. The van der Waals surface area contributed by atoms with Crippen LogP contribution in [0.3, 0.4) is 0 Å². The summed E-state index contributed by atoms with van der Waals surface area (Å²) in [6, 6.07) is 9.64. The largest absolute Gasteiger partial charge is 0.507 e. The van der Waals surface area contributed by atoms with Gasteiger partial charge in [0.25, 0.3) is 0 Å². The van der Waals surface area contributed by atoms with E-state index < -0.39 is 0 Å². The molecule has 0 unspecified atom stereocenters. The second-order valence-electron chi connectivity index (χ2n) is 9.78. The van der Waals surface area contributed by atoms with Crippen molar-refractivity contribution < 1.29 is 27.8 Å². The molecule has 0 spiro atoms. The van der Waals surface area contributed by atoms with E-state index in [-0.39, 0.29) is 28.1 Å². The van der Waals surface area contributed by atoms with Crippen LogP contribution in [0.15, 0.2) is 70.9 Å². The second kappa shape index (κ2) is 11.1. The lowest BCUT2D eigenvalue weighted by atomic mass is 10.0. The van der Waals surface area contributed by atoms with Crippen LogP contribution in [0.25, 0.3) is 32.9 Å². The predicted octanol–water partition coefficient (Wildman–Crippen LogP) is 7.00. The van der Waals surface area contributed by atoms with E-state index in [1.54, 1.807) is 26.2 Å². The van der Waals surface area contributed by atoms with Gasteiger partial charge in [-0.3, -0.25) is 4.79 Å². The highest BCUT2D eigenvalue weighted by atomic mass is 16.5. The first-order valence-corrected chi connectivity index (χ1v) is 12.5. The molecule has 204 valence electrons. The van der Waals surface area contributed by atoms with E-state index in [2.05, 4.69) is 0 Å². The van der Waals surface area contributed by atoms with Gasteiger partial charge >= 0.3 is 5.63 Å². The van der Waals surface area contributed by atoms with Gasteiger partial charge in [-0.25, -0.2) is 4.79 Å². The normalized spacial score (nSPS) is 11.1. The third-order valence-electron chi connectivity index (χ3n) is 6.24. The van der Waals surface area contributed by atoms with Gasteiger partial charge in [0.05, 0.1) is 19.6 Å². The van der Waals surface area contributed by atoms with Crippen molar-refractivity contribution in [2.24, 2.45) is 0 Å². The van der Waals surface area contributed by atoms with Crippen LogP contribution in [0, 0.1) is 6.92 Å². The fourth-order valence-corrected chi connectivity index (χ4v) is 4.39. The van der Waals surface area contributed by atoms with Crippen molar-refractivity contribution in [3.8, 4) is 17.2 Å². The predicted molar refractivity (Wildman–Crippen MR) is 151 cm³/mol. The lowest BCUT2D eigenvalue weighted by Gasteiger charge is -2.11. The molecule has 1 N–H and O–H groups in total. The van der Waals surface area contributed by atoms with E-state index in [1.165, 1.54) is 25.3 Å². The highest BCUT2D eigenvalue weighted by Crippen LogP contribution is 2.39. The monoisotopic (exact) mass is 532 g/mol. The zero-order chi connectivity index (χ0) is 28.4. The number of aromatic hydroxyl groups is 1. The Kier molecular flexibility index (Phi) is 7.85. The molecule has 0 bridgehead atoms. The van der Waals surface area contributed by atoms with Gasteiger partial charge in [-0.15, -0.1) is 0 Å². The van der Waals surface area contributed by atoms with Crippen molar-refractivity contribution in [2.45, 2.75) is 47.0 Å². The smallest absolute Gasteiger partial charge is 0.336 e. The van der Waals surface area contributed by atoms with Crippen LogP contribution >= 0.6 is 0 Å². The minimum absolute atomic E-state index is 0.119. The molecule has 0 aliphatic rings. The number of hydrogen-bond donors (Lipinski definition) is 1. The number of allylic oxidation sites excluding steroid dienone is 2. The van der Waals surface area contributed by atoms with Crippen LogP contribution in [0.4, 0.5) is 0 Å². The van der Waals surface area contributed by atoms with Gasteiger partial charge in [0.2, 0.25) is 0 Å². The fourth-order valence-electron chi connectivity index (χ4n) is 4.39. The number of methoxy groups -OCH3 is 2. The average Bonchev–Trinajstić information content (AvgIpc) is 3.24. The summed E-state index contributed by atoms with van der Waals surface area (Å²) in [5, 5.41) is 11.9. The summed E-state index contributed by atoms with van der Waals surface area (Å²) in [5.41, 5.74) is 2.89. The molecule has 8 heteroatoms. The molecule has 3 heterocycles. The van der Waals surface area contributed by atoms with Crippen molar-refractivity contribution in [3.05, 3.63) is 85.8 Å². The first-order chi connectivity index (χ1) is 18.5. The summed E-state index contributed by atoms with van der Waals surface area (Å²) in [6.07, 6.45) is 2.60. The summed E-state index contributed by atoms with van der Waals surface area (Å²) in [4.78, 5) is 23.3. The molecule has 5 rings (SSSR count). The number of aryl methyl sites for hydroxylation is 1. The Hall–Kier alpha value is -4.46. The van der Waals surface area contributed by atoms with E-state index in [4.69, 9.17) is 22.7 Å². The number of rotatable bonds is 5. The number of fused-ring (bicyclic) bond motifs is 3. The highest BCUT2D eigenvalue weighted by molar-refractivity contribution is 5.97. The molecule has 0 saturated carbocycles. The lowest BCUT2D eigenvalue weighted by Crippen LogP contribution is -2.04. The Balaban J connectivity index is 0.000000181. The van der Waals surface area contributed by atoms with Crippen LogP contribution < -0.4 is 20.5 Å². The first kappa shape index (κ1) is 27.6. The third kappa shape index (κ3) is 5.55. The maximum atomic E-state index is 12.0. The van der Waals surface area contributed by atoms with Crippen molar-refractivity contribution in [2.75, 3.05) is 14.2 Å². The number of phenolic OH excluding ortho intramolecular Hbond substituents is 1. The molecular formula is C31H32O8. The zero-order valence-electron chi connectivity index (χ0n) is 23.1. The van der Waals surface area contributed by atoms with Gasteiger partial charge in [0.15, 0.2) is 11.2 Å². The van der Waals surface area contributed by atoms with E-state index in [1.807, 2.05) is 39.8 Å². The van der Waals surface area contributed by atoms with Gasteiger partial charge in [0, 0.05) is 41.1 Å². The van der Waals surface area contributed by atoms with Gasteiger partial charge in [-0.2, -0.15) is 0 Å². The van der Waals surface area contributed by atoms with Crippen LogP contribution in [0.2, 0.25) is 0 Å². The molecule has 8 nitrogen and oxygen atoms in total. The topological polar surface area (TPSA) is 112 Å². The summed E-state index contributed by atoms with van der Waals surface area (Å²) in [6.45, 7) is 9.79. The maximum absolute atomic E-state index is 12.0. The lowest BCUT2D eigenvalue weighted by molar-refractivity contribution is 0.390. The molecule has 5 aromatic rings. The van der Waals surface area contributed by atoms with Gasteiger partial charge < -0.3 is 27.8 Å². The molecule has 0 aliphatic heterocycles. The van der Waals surface area contributed by atoms with E-state index in [0.717, 1.165) is 33.4 Å². The van der Waals surface area contributed by atoms with Crippen molar-refractivity contribution >= 4 is 32.9 Å². The molecule has 3 aromatic heterocycles. The maximum Gasteiger partial charge on any atom is 0.336 e. The second-order valence-corrected chi connectivity index (χ2v) is 9.78. The Bertz CT molecular complexity index is 1810. The third-order valence-corrected chi connectivity index (χ3v) is 6.24. The first-order valence-electron chi connectivity index (χ1n) is 12.5. The molecule has 0 atom stereocenters. The molecule has 0 fully saturated rings. The molecule has 0 amide bonds. The van der Waals surface area contributed by atoms with E-state index >= 15 is 0 Å². The molecule has 2 aromatic carbocycles. The highest BCUT2D eigenvalue weighted by Gasteiger charge is 2.19. The van der Waals surface area contributed by atoms with Gasteiger partial charge in [-0.1, -0.05) is 25.5 Å². The molecule has 0 saturated heterocycles. The van der Waals surface area contributed by atoms with Crippen LogP contribution in [0.1, 0.15) is 50.7 Å². The number of benzene rings is 2. The minimum Gasteiger partial charge on any atom is -0.507 e. The fraction of sp³-hybridized carbons (Fsp3) is 0.290. The summed E-state index contributed by atoms with van der Waals surface area (Å²) < 4.78 is 27.4. The molecule has 39 heavy (non-hydrogen) atoms. The number of ether oxygens (including phenoxy) is 2. The van der Waals surface area contributed by atoms with Crippen molar-refractivity contribution in [1.82, 2.24) is 0 Å². The average molecular weight is 533 g/mol. The SMILES string of the molecule is COc1c(C(C)C)oc2cc3oc(=O)ccc3cc12.COc1cc(O)c2c(=O)cc(C)oc2c1CC=C(C)C. The van der Waals surface area contributed by atoms with Crippen LogP contribution in [0.5, 0.6) is 17.2 Å². The zero-order valence-corrected chi connectivity index (χ0v) is 23.1. The quantitative estimate of drug-likeness (QED) is 0.190. The number of hydrogen-bond acceptors (Lipinski definition) is 8. The molecular weight excluding hydrogens is 500 g/mol. The molecule has 0 aliphatic carbocycles. The summed E-state index contributed by atoms with van der Waals surface area (Å²) >= 11 is 0. The standard InChI is InChI=1S/C16H18O4.C15H14O4/c1-9(2)5-6-11-14(19-4)8-13(18)15-12(17)7-10(3)20-16(11)15;1-8(2)14-15(17-3)10-6-9-4-5-13(16)18-11(9)7-12(10)19-14/h5,7-8,18H,6H2,1-4H3;4-8H,1-3H3. The summed E-state index contributed by atoms with van der Waals surface area (Å²) in [5.74, 6) is 2.67. The van der Waals surface area contributed by atoms with Crippen molar-refractivity contribution in [1.29, 1.82) is 0 Å². The Morgan fingerprint density at radius 1 is 0.974 bits per heavy atom. The number of phenols is 1. The molecule has 0 radical (unpaired) electrons. The Morgan fingerprint density at radius 2 is 1.72 bits per heavy atom. The van der Waals surface area contributed by atoms with Crippen LogP contribution in [-0.2, 0) is 6.42 Å².